The molecule has 2 nitrogen and oxygen atoms in total. The van der Waals surface area contributed by atoms with Gasteiger partial charge in [0.05, 0.1) is 12.8 Å². The van der Waals surface area contributed by atoms with Gasteiger partial charge in [-0.1, -0.05) is 15.9 Å². The number of anilines is 1. The highest BCUT2D eigenvalue weighted by molar-refractivity contribution is 9.10. The lowest BCUT2D eigenvalue weighted by Gasteiger charge is -2.41. The van der Waals surface area contributed by atoms with Gasteiger partial charge >= 0.3 is 0 Å². The van der Waals surface area contributed by atoms with E-state index in [1.54, 1.807) is 7.11 Å². The van der Waals surface area contributed by atoms with Crippen LogP contribution in [-0.4, -0.2) is 19.7 Å². The predicted octanol–water partition coefficient (Wildman–Crippen LogP) is 3.06. The van der Waals surface area contributed by atoms with E-state index in [0.29, 0.717) is 6.04 Å². The maximum absolute atomic E-state index is 5.34. The quantitative estimate of drug-likeness (QED) is 0.806. The molecule has 1 aliphatic rings. The molecular formula is C11H14BrNO. The third kappa shape index (κ3) is 1.61. The normalized spacial score (nSPS) is 20.5. The average Bonchev–Trinajstić information content (AvgIpc) is 2.16. The minimum absolute atomic E-state index is 0.637. The molecule has 1 aliphatic heterocycles. The summed E-state index contributed by atoms with van der Waals surface area (Å²) in [5, 5.41) is 0. The summed E-state index contributed by atoms with van der Waals surface area (Å²) in [6.07, 6.45) is 1.27. The van der Waals surface area contributed by atoms with Crippen LogP contribution in [0.5, 0.6) is 5.75 Å². The molecule has 76 valence electrons. The fourth-order valence-electron chi connectivity index (χ4n) is 1.76. The number of hydrogen-bond donors (Lipinski definition) is 0. The number of ether oxygens (including phenoxy) is 1. The number of benzene rings is 1. The van der Waals surface area contributed by atoms with E-state index in [9.17, 15) is 0 Å². The summed E-state index contributed by atoms with van der Waals surface area (Å²) in [4.78, 5) is 2.36. The zero-order valence-electron chi connectivity index (χ0n) is 8.46. The van der Waals surface area contributed by atoms with Gasteiger partial charge in [-0.3, -0.25) is 0 Å². The molecule has 1 fully saturated rings. The number of hydrogen-bond acceptors (Lipinski definition) is 2. The van der Waals surface area contributed by atoms with Gasteiger partial charge < -0.3 is 9.64 Å². The first kappa shape index (κ1) is 9.84. The smallest absolute Gasteiger partial charge is 0.142 e. The molecule has 1 aromatic carbocycles. The van der Waals surface area contributed by atoms with E-state index >= 15 is 0 Å². The predicted molar refractivity (Wildman–Crippen MR) is 62.1 cm³/mol. The zero-order chi connectivity index (χ0) is 10.1. The molecule has 0 radical (unpaired) electrons. The Bertz CT molecular complexity index is 340. The summed E-state index contributed by atoms with van der Waals surface area (Å²) >= 11 is 3.48. The van der Waals surface area contributed by atoms with Crippen LogP contribution in [0, 0.1) is 0 Å². The monoisotopic (exact) mass is 255 g/mol. The van der Waals surface area contributed by atoms with Crippen molar-refractivity contribution in [1.82, 2.24) is 0 Å². The van der Waals surface area contributed by atoms with Crippen molar-refractivity contribution in [2.75, 3.05) is 18.6 Å². The Hall–Kier alpha value is -0.700. The lowest BCUT2D eigenvalue weighted by Crippen LogP contribution is -2.45. The molecule has 0 aliphatic carbocycles. The van der Waals surface area contributed by atoms with Gasteiger partial charge in [-0.05, 0) is 31.5 Å². The summed E-state index contributed by atoms with van der Waals surface area (Å²) in [7, 11) is 1.72. The molecule has 0 amide bonds. The minimum Gasteiger partial charge on any atom is -0.495 e. The van der Waals surface area contributed by atoms with Crippen LogP contribution >= 0.6 is 15.9 Å². The van der Waals surface area contributed by atoms with E-state index in [4.69, 9.17) is 4.74 Å². The van der Waals surface area contributed by atoms with E-state index < -0.39 is 0 Å². The van der Waals surface area contributed by atoms with Crippen molar-refractivity contribution in [3.8, 4) is 5.75 Å². The zero-order valence-corrected chi connectivity index (χ0v) is 10.0. The second-order valence-electron chi connectivity index (χ2n) is 3.65. The number of halogens is 1. The van der Waals surface area contributed by atoms with Crippen LogP contribution < -0.4 is 9.64 Å². The van der Waals surface area contributed by atoms with E-state index in [1.165, 1.54) is 12.1 Å². The van der Waals surface area contributed by atoms with Crippen molar-refractivity contribution in [3.05, 3.63) is 22.7 Å². The molecule has 2 rings (SSSR count). The molecule has 0 spiro atoms. The van der Waals surface area contributed by atoms with Crippen molar-refractivity contribution >= 4 is 21.6 Å². The summed E-state index contributed by atoms with van der Waals surface area (Å²) in [6, 6.07) is 6.77. The van der Waals surface area contributed by atoms with Crippen LogP contribution in [0.2, 0.25) is 0 Å². The van der Waals surface area contributed by atoms with Gasteiger partial charge in [-0.2, -0.15) is 0 Å². The molecule has 1 heterocycles. The van der Waals surface area contributed by atoms with Crippen LogP contribution in [0.1, 0.15) is 13.3 Å². The van der Waals surface area contributed by atoms with Gasteiger partial charge in [0, 0.05) is 17.1 Å². The molecule has 0 saturated carbocycles. The van der Waals surface area contributed by atoms with Crippen molar-refractivity contribution < 1.29 is 4.74 Å². The maximum atomic E-state index is 5.34. The topological polar surface area (TPSA) is 12.5 Å². The van der Waals surface area contributed by atoms with Crippen molar-refractivity contribution in [2.24, 2.45) is 0 Å². The van der Waals surface area contributed by atoms with Gasteiger partial charge in [0.25, 0.3) is 0 Å². The van der Waals surface area contributed by atoms with E-state index in [0.717, 1.165) is 16.8 Å². The fraction of sp³-hybridized carbons (Fsp3) is 0.455. The lowest BCUT2D eigenvalue weighted by molar-refractivity contribution is 0.404. The molecule has 3 heteroatoms. The summed E-state index contributed by atoms with van der Waals surface area (Å²) in [5.74, 6) is 0.958. The average molecular weight is 256 g/mol. The van der Waals surface area contributed by atoms with E-state index in [1.807, 2.05) is 12.1 Å². The molecule has 1 saturated heterocycles. The second-order valence-corrected chi connectivity index (χ2v) is 4.56. The number of rotatable bonds is 2. The molecule has 0 N–H and O–H groups in total. The highest BCUT2D eigenvalue weighted by Gasteiger charge is 2.26. The third-order valence-electron chi connectivity index (χ3n) is 2.77. The Labute approximate surface area is 93.0 Å². The SMILES string of the molecule is COc1ccc(Br)cc1N1CCC1C. The highest BCUT2D eigenvalue weighted by Crippen LogP contribution is 2.36. The van der Waals surface area contributed by atoms with Gasteiger partial charge in [0.15, 0.2) is 0 Å². The van der Waals surface area contributed by atoms with Gasteiger partial charge in [0.2, 0.25) is 0 Å². The first-order valence-corrected chi connectivity index (χ1v) is 5.62. The Balaban J connectivity index is 2.34. The van der Waals surface area contributed by atoms with Gasteiger partial charge in [-0.25, -0.2) is 0 Å². The Kier molecular flexibility index (Phi) is 2.68. The molecule has 0 aromatic heterocycles. The largest absolute Gasteiger partial charge is 0.495 e. The first-order chi connectivity index (χ1) is 6.72. The Morgan fingerprint density at radius 1 is 1.50 bits per heavy atom. The molecule has 0 bridgehead atoms. The summed E-state index contributed by atoms with van der Waals surface area (Å²) in [6.45, 7) is 3.37. The maximum Gasteiger partial charge on any atom is 0.142 e. The molecular weight excluding hydrogens is 242 g/mol. The molecule has 1 unspecified atom stereocenters. The van der Waals surface area contributed by atoms with Crippen molar-refractivity contribution in [2.45, 2.75) is 19.4 Å². The number of methoxy groups -OCH3 is 1. The van der Waals surface area contributed by atoms with E-state index in [-0.39, 0.29) is 0 Å². The van der Waals surface area contributed by atoms with Crippen molar-refractivity contribution in [3.63, 3.8) is 0 Å². The Morgan fingerprint density at radius 2 is 2.29 bits per heavy atom. The minimum atomic E-state index is 0.637. The van der Waals surface area contributed by atoms with Crippen molar-refractivity contribution in [1.29, 1.82) is 0 Å². The molecule has 1 aromatic rings. The first-order valence-electron chi connectivity index (χ1n) is 4.82. The highest BCUT2D eigenvalue weighted by atomic mass is 79.9. The fourth-order valence-corrected chi connectivity index (χ4v) is 2.11. The second kappa shape index (κ2) is 3.81. The summed E-state index contributed by atoms with van der Waals surface area (Å²) in [5.41, 5.74) is 1.20. The number of nitrogens with zero attached hydrogens (tertiary/aromatic N) is 1. The summed E-state index contributed by atoms with van der Waals surface area (Å²) < 4.78 is 6.45. The molecule has 1 atom stereocenters. The van der Waals surface area contributed by atoms with Gasteiger partial charge in [0.1, 0.15) is 5.75 Å². The molecule has 14 heavy (non-hydrogen) atoms. The van der Waals surface area contributed by atoms with Gasteiger partial charge in [-0.15, -0.1) is 0 Å². The standard InChI is InChI=1S/C11H14BrNO/c1-8-5-6-13(8)10-7-9(12)3-4-11(10)14-2/h3-4,7-8H,5-6H2,1-2H3. The Morgan fingerprint density at radius 3 is 2.79 bits per heavy atom. The van der Waals surface area contributed by atoms with Crippen LogP contribution in [0.4, 0.5) is 5.69 Å². The lowest BCUT2D eigenvalue weighted by atomic mass is 10.0. The van der Waals surface area contributed by atoms with Crippen LogP contribution in [0.3, 0.4) is 0 Å². The van der Waals surface area contributed by atoms with Crippen LogP contribution in [0.15, 0.2) is 22.7 Å². The van der Waals surface area contributed by atoms with Crippen LogP contribution in [0.25, 0.3) is 0 Å². The van der Waals surface area contributed by atoms with E-state index in [2.05, 4.69) is 33.8 Å². The van der Waals surface area contributed by atoms with Crippen LogP contribution in [-0.2, 0) is 0 Å². The third-order valence-corrected chi connectivity index (χ3v) is 3.26.